The van der Waals surface area contributed by atoms with Crippen LogP contribution in [0.25, 0.3) is 0 Å². The molecule has 2 rings (SSSR count). The fraction of sp³-hybridized carbons (Fsp3) is 0.533. The lowest BCUT2D eigenvalue weighted by molar-refractivity contribution is -0.161. The lowest BCUT2D eigenvalue weighted by atomic mass is 10.1. The number of carbonyl (C=O) groups is 2. The van der Waals surface area contributed by atoms with Gasteiger partial charge in [-0.05, 0) is 37.5 Å². The summed E-state index contributed by atoms with van der Waals surface area (Å²) in [5.41, 5.74) is 0.976. The molecule has 1 aliphatic carbocycles. The number of ether oxygens (including phenoxy) is 1. The highest BCUT2D eigenvalue weighted by molar-refractivity contribution is 6.32. The molecule has 5 heteroatoms. The van der Waals surface area contributed by atoms with E-state index in [1.165, 1.54) is 0 Å². The number of hydrogen-bond acceptors (Lipinski definition) is 4. The van der Waals surface area contributed by atoms with Crippen LogP contribution in [0.1, 0.15) is 38.2 Å². The third-order valence-electron chi connectivity index (χ3n) is 3.58. The normalized spacial score (nSPS) is 15.1. The lowest BCUT2D eigenvalue weighted by Gasteiger charge is -2.28. The third kappa shape index (κ3) is 3.56. The van der Waals surface area contributed by atoms with Gasteiger partial charge in [-0.25, -0.2) is 4.79 Å². The zero-order chi connectivity index (χ0) is 14.4. The number of amides is 1. The van der Waals surface area contributed by atoms with Crippen LogP contribution in [-0.4, -0.2) is 34.4 Å². The molecule has 1 aliphatic rings. The molecule has 1 heterocycles. The standard InChI is InChI=1S/C15H20N2O3/c1-2-20-15(19)14(18)17(13-5-3-4-6-13)11-12-7-9-16-10-8-12/h7-10,13H,2-6,11H2,1H3. The summed E-state index contributed by atoms with van der Waals surface area (Å²) in [5, 5.41) is 0. The predicted octanol–water partition coefficient (Wildman–Crippen LogP) is 1.92. The maximum Gasteiger partial charge on any atom is 0.397 e. The first kappa shape index (κ1) is 14.5. The maximum atomic E-state index is 12.3. The van der Waals surface area contributed by atoms with Gasteiger partial charge in [-0.15, -0.1) is 0 Å². The summed E-state index contributed by atoms with van der Waals surface area (Å²) in [6.07, 6.45) is 7.50. The van der Waals surface area contributed by atoms with Crippen LogP contribution in [0.15, 0.2) is 24.5 Å². The van der Waals surface area contributed by atoms with Crippen LogP contribution < -0.4 is 0 Å². The van der Waals surface area contributed by atoms with Crippen molar-refractivity contribution in [1.82, 2.24) is 9.88 Å². The molecule has 0 N–H and O–H groups in total. The van der Waals surface area contributed by atoms with E-state index in [4.69, 9.17) is 4.74 Å². The highest BCUT2D eigenvalue weighted by Gasteiger charge is 2.31. The van der Waals surface area contributed by atoms with Gasteiger partial charge in [0.05, 0.1) is 6.61 Å². The van der Waals surface area contributed by atoms with Crippen molar-refractivity contribution in [3.05, 3.63) is 30.1 Å². The van der Waals surface area contributed by atoms with E-state index in [-0.39, 0.29) is 12.6 Å². The molecule has 5 nitrogen and oxygen atoms in total. The molecule has 20 heavy (non-hydrogen) atoms. The molecule has 0 unspecified atom stereocenters. The second-order valence-electron chi connectivity index (χ2n) is 4.95. The Labute approximate surface area is 118 Å². The van der Waals surface area contributed by atoms with E-state index in [1.54, 1.807) is 24.2 Å². The van der Waals surface area contributed by atoms with Crippen LogP contribution in [-0.2, 0) is 20.9 Å². The van der Waals surface area contributed by atoms with Gasteiger partial charge in [0.2, 0.25) is 0 Å². The first-order valence-corrected chi connectivity index (χ1v) is 7.09. The average molecular weight is 276 g/mol. The van der Waals surface area contributed by atoms with Crippen molar-refractivity contribution in [2.75, 3.05) is 6.61 Å². The first-order chi connectivity index (χ1) is 9.72. The molecule has 0 radical (unpaired) electrons. The lowest BCUT2D eigenvalue weighted by Crippen LogP contribution is -2.43. The monoisotopic (exact) mass is 276 g/mol. The molecule has 1 amide bonds. The SMILES string of the molecule is CCOC(=O)C(=O)N(Cc1ccncc1)C1CCCC1. The fourth-order valence-corrected chi connectivity index (χ4v) is 2.58. The molecule has 1 aromatic rings. The number of rotatable bonds is 4. The highest BCUT2D eigenvalue weighted by atomic mass is 16.5. The first-order valence-electron chi connectivity index (χ1n) is 7.09. The quantitative estimate of drug-likeness (QED) is 0.622. The van der Waals surface area contributed by atoms with Gasteiger partial charge in [0.25, 0.3) is 0 Å². The second-order valence-corrected chi connectivity index (χ2v) is 4.95. The van der Waals surface area contributed by atoms with Gasteiger partial charge in [0.1, 0.15) is 0 Å². The smallest absolute Gasteiger partial charge is 0.397 e. The average Bonchev–Trinajstić information content (AvgIpc) is 2.99. The number of aromatic nitrogens is 1. The summed E-state index contributed by atoms with van der Waals surface area (Å²) in [7, 11) is 0. The van der Waals surface area contributed by atoms with Crippen LogP contribution >= 0.6 is 0 Å². The van der Waals surface area contributed by atoms with Crippen molar-refractivity contribution in [2.45, 2.75) is 45.2 Å². The Morgan fingerprint density at radius 1 is 1.30 bits per heavy atom. The Hall–Kier alpha value is -1.91. The van der Waals surface area contributed by atoms with Crippen LogP contribution in [0, 0.1) is 0 Å². The molecule has 0 atom stereocenters. The summed E-state index contributed by atoms with van der Waals surface area (Å²) in [6, 6.07) is 3.86. The fourth-order valence-electron chi connectivity index (χ4n) is 2.58. The van der Waals surface area contributed by atoms with Gasteiger partial charge >= 0.3 is 11.9 Å². The van der Waals surface area contributed by atoms with E-state index in [2.05, 4.69) is 4.98 Å². The summed E-state index contributed by atoms with van der Waals surface area (Å²) >= 11 is 0. The Morgan fingerprint density at radius 3 is 2.55 bits per heavy atom. The molecule has 1 saturated carbocycles. The van der Waals surface area contributed by atoms with Crippen molar-refractivity contribution in [2.24, 2.45) is 0 Å². The molecule has 1 fully saturated rings. The molecular weight excluding hydrogens is 256 g/mol. The summed E-state index contributed by atoms with van der Waals surface area (Å²) in [6.45, 7) is 2.36. The summed E-state index contributed by atoms with van der Waals surface area (Å²) in [4.78, 5) is 29.6. The summed E-state index contributed by atoms with van der Waals surface area (Å²) in [5.74, 6) is -1.29. The van der Waals surface area contributed by atoms with Crippen molar-refractivity contribution in [3.63, 3.8) is 0 Å². The van der Waals surface area contributed by atoms with Crippen LogP contribution in [0.3, 0.4) is 0 Å². The topological polar surface area (TPSA) is 59.5 Å². The second kappa shape index (κ2) is 7.03. The minimum atomic E-state index is -0.756. The van der Waals surface area contributed by atoms with Crippen LogP contribution in [0.2, 0.25) is 0 Å². The Bertz CT molecular complexity index is 455. The zero-order valence-corrected chi connectivity index (χ0v) is 11.7. The van der Waals surface area contributed by atoms with Crippen molar-refractivity contribution < 1.29 is 14.3 Å². The van der Waals surface area contributed by atoms with E-state index in [0.29, 0.717) is 6.54 Å². The molecule has 108 valence electrons. The van der Waals surface area contributed by atoms with Crippen molar-refractivity contribution >= 4 is 11.9 Å². The number of hydrogen-bond donors (Lipinski definition) is 0. The number of carbonyl (C=O) groups excluding carboxylic acids is 2. The molecule has 0 spiro atoms. The van der Waals surface area contributed by atoms with E-state index in [1.807, 2.05) is 12.1 Å². The Kier molecular flexibility index (Phi) is 5.09. The largest absolute Gasteiger partial charge is 0.459 e. The van der Waals surface area contributed by atoms with E-state index in [9.17, 15) is 9.59 Å². The van der Waals surface area contributed by atoms with Gasteiger partial charge in [0, 0.05) is 25.0 Å². The van der Waals surface area contributed by atoms with Crippen molar-refractivity contribution in [1.29, 1.82) is 0 Å². The number of pyridine rings is 1. The van der Waals surface area contributed by atoms with Gasteiger partial charge in [-0.3, -0.25) is 9.78 Å². The number of esters is 1. The number of nitrogens with zero attached hydrogens (tertiary/aromatic N) is 2. The van der Waals surface area contributed by atoms with E-state index in [0.717, 1.165) is 31.2 Å². The summed E-state index contributed by atoms with van der Waals surface area (Å²) < 4.78 is 4.84. The minimum absolute atomic E-state index is 0.139. The molecule has 1 aromatic heterocycles. The van der Waals surface area contributed by atoms with Gasteiger partial charge in [-0.2, -0.15) is 0 Å². The van der Waals surface area contributed by atoms with Gasteiger partial charge in [-0.1, -0.05) is 12.8 Å². The van der Waals surface area contributed by atoms with Gasteiger partial charge < -0.3 is 9.64 Å². The third-order valence-corrected chi connectivity index (χ3v) is 3.58. The zero-order valence-electron chi connectivity index (χ0n) is 11.7. The molecular formula is C15H20N2O3. The van der Waals surface area contributed by atoms with E-state index < -0.39 is 11.9 Å². The molecule has 0 aromatic carbocycles. The molecule has 0 aliphatic heterocycles. The van der Waals surface area contributed by atoms with Crippen LogP contribution in [0.4, 0.5) is 0 Å². The highest BCUT2D eigenvalue weighted by Crippen LogP contribution is 2.25. The maximum absolute atomic E-state index is 12.3. The van der Waals surface area contributed by atoms with E-state index >= 15 is 0 Å². The van der Waals surface area contributed by atoms with Crippen molar-refractivity contribution in [3.8, 4) is 0 Å². The Balaban J connectivity index is 2.12. The van der Waals surface area contributed by atoms with Gasteiger partial charge in [0.15, 0.2) is 0 Å². The van der Waals surface area contributed by atoms with Crippen LogP contribution in [0.5, 0.6) is 0 Å². The molecule has 0 bridgehead atoms. The molecule has 0 saturated heterocycles. The minimum Gasteiger partial charge on any atom is -0.459 e. The predicted molar refractivity (Wildman–Crippen MR) is 73.7 cm³/mol. The Morgan fingerprint density at radius 2 is 1.95 bits per heavy atom.